The first-order chi connectivity index (χ1) is 17.5. The summed E-state index contributed by atoms with van der Waals surface area (Å²) in [4.78, 5) is 15.8. The maximum atomic E-state index is 13.9. The highest BCUT2D eigenvalue weighted by atomic mass is 35.5. The van der Waals surface area contributed by atoms with Gasteiger partial charge in [0.05, 0.1) is 18.3 Å². The largest absolute Gasteiger partial charge is 0.491 e. The summed E-state index contributed by atoms with van der Waals surface area (Å²) in [6.07, 6.45) is 2.69. The molecule has 3 aromatic carbocycles. The van der Waals surface area contributed by atoms with Crippen LogP contribution in [0.4, 0.5) is 0 Å². The molecule has 2 heterocycles. The van der Waals surface area contributed by atoms with Gasteiger partial charge in [-0.3, -0.25) is 4.79 Å². The van der Waals surface area contributed by atoms with Gasteiger partial charge in [0.2, 0.25) is 0 Å². The van der Waals surface area contributed by atoms with Crippen LogP contribution in [0.25, 0.3) is 23.0 Å². The van der Waals surface area contributed by atoms with Crippen LogP contribution in [-0.2, 0) is 17.8 Å². The van der Waals surface area contributed by atoms with E-state index in [0.29, 0.717) is 35.9 Å². The van der Waals surface area contributed by atoms with E-state index >= 15 is 0 Å². The minimum atomic E-state index is -0.0300. The first kappa shape index (κ1) is 23.9. The fraction of sp³-hybridized carbons (Fsp3) is 0.200. The first-order valence-electron chi connectivity index (χ1n) is 12.0. The van der Waals surface area contributed by atoms with E-state index in [-0.39, 0.29) is 12.0 Å². The third-order valence-corrected chi connectivity index (χ3v) is 6.36. The molecule has 0 saturated heterocycles. The zero-order valence-corrected chi connectivity index (χ0v) is 21.0. The minimum absolute atomic E-state index is 0.0300. The second-order valence-electron chi connectivity index (χ2n) is 9.08. The Hall–Kier alpha value is -3.83. The van der Waals surface area contributed by atoms with Crippen LogP contribution in [0.15, 0.2) is 83.4 Å². The van der Waals surface area contributed by atoms with Crippen molar-refractivity contribution in [1.29, 1.82) is 0 Å². The second kappa shape index (κ2) is 10.4. The second-order valence-corrected chi connectivity index (χ2v) is 9.52. The molecule has 0 saturated carbocycles. The van der Waals surface area contributed by atoms with Crippen LogP contribution in [0, 0.1) is 0 Å². The lowest BCUT2D eigenvalue weighted by Gasteiger charge is -2.27. The molecule has 6 heteroatoms. The molecule has 0 fully saturated rings. The van der Waals surface area contributed by atoms with Crippen molar-refractivity contribution in [1.82, 2.24) is 10.1 Å². The van der Waals surface area contributed by atoms with E-state index in [1.165, 1.54) is 0 Å². The standard InChI is InChI=1S/C30H27ClN2O3/c1-20(2)35-25-14-8-21(9-15-25)18-26(22-6-4-3-5-7-22)30(34)33-17-16-28-27(19-33)29(36-32-28)23-10-12-24(31)13-11-23/h3-15,18,20H,16-17,19H2,1-2H3/b26-18+. The lowest BCUT2D eigenvalue weighted by atomic mass is 9.98. The Labute approximate surface area is 215 Å². The summed E-state index contributed by atoms with van der Waals surface area (Å²) in [5, 5.41) is 4.93. The molecular formula is C30H27ClN2O3. The quantitative estimate of drug-likeness (QED) is 0.214. The van der Waals surface area contributed by atoms with E-state index in [1.807, 2.05) is 104 Å². The molecule has 182 valence electrons. The van der Waals surface area contributed by atoms with Gasteiger partial charge in [0, 0.05) is 34.7 Å². The predicted octanol–water partition coefficient (Wildman–Crippen LogP) is 6.91. The molecule has 0 aliphatic carbocycles. The van der Waals surface area contributed by atoms with Gasteiger partial charge in [0.25, 0.3) is 5.91 Å². The summed E-state index contributed by atoms with van der Waals surface area (Å²) in [7, 11) is 0. The average molecular weight is 499 g/mol. The van der Waals surface area contributed by atoms with Crippen molar-refractivity contribution >= 4 is 29.2 Å². The van der Waals surface area contributed by atoms with Crippen molar-refractivity contribution in [2.75, 3.05) is 6.54 Å². The van der Waals surface area contributed by atoms with Crippen LogP contribution in [0.3, 0.4) is 0 Å². The van der Waals surface area contributed by atoms with Crippen LogP contribution >= 0.6 is 11.6 Å². The number of hydrogen-bond donors (Lipinski definition) is 0. The zero-order chi connectivity index (χ0) is 25.1. The lowest BCUT2D eigenvalue weighted by molar-refractivity contribution is -0.125. The molecule has 0 N–H and O–H groups in total. The van der Waals surface area contributed by atoms with Gasteiger partial charge in [-0.25, -0.2) is 0 Å². The van der Waals surface area contributed by atoms with E-state index in [9.17, 15) is 4.79 Å². The third-order valence-electron chi connectivity index (χ3n) is 6.11. The highest BCUT2D eigenvalue weighted by molar-refractivity contribution is 6.30. The molecule has 0 radical (unpaired) electrons. The van der Waals surface area contributed by atoms with E-state index in [4.69, 9.17) is 20.9 Å². The third kappa shape index (κ3) is 5.21. The fourth-order valence-corrected chi connectivity index (χ4v) is 4.48. The number of nitrogens with zero attached hydrogens (tertiary/aromatic N) is 2. The highest BCUT2D eigenvalue weighted by Gasteiger charge is 2.29. The number of aromatic nitrogens is 1. The Bertz CT molecular complexity index is 1370. The summed E-state index contributed by atoms with van der Waals surface area (Å²) in [5.74, 6) is 1.46. The average Bonchev–Trinajstić information content (AvgIpc) is 3.32. The Morgan fingerprint density at radius 1 is 1.03 bits per heavy atom. The van der Waals surface area contributed by atoms with Crippen molar-refractivity contribution in [3.8, 4) is 17.1 Å². The van der Waals surface area contributed by atoms with Crippen molar-refractivity contribution in [2.45, 2.75) is 32.9 Å². The van der Waals surface area contributed by atoms with Gasteiger partial charge in [-0.15, -0.1) is 0 Å². The molecule has 0 atom stereocenters. The number of carbonyl (C=O) groups is 1. The van der Waals surface area contributed by atoms with Gasteiger partial charge in [0.1, 0.15) is 5.75 Å². The molecule has 0 unspecified atom stereocenters. The van der Waals surface area contributed by atoms with Gasteiger partial charge in [0.15, 0.2) is 5.76 Å². The number of hydrogen-bond acceptors (Lipinski definition) is 4. The summed E-state index contributed by atoms with van der Waals surface area (Å²) >= 11 is 6.06. The number of ether oxygens (including phenoxy) is 1. The molecule has 36 heavy (non-hydrogen) atoms. The van der Waals surface area contributed by atoms with E-state index in [1.54, 1.807) is 0 Å². The Kier molecular flexibility index (Phi) is 6.92. The normalized spacial score (nSPS) is 13.6. The maximum absolute atomic E-state index is 13.9. The molecular weight excluding hydrogens is 472 g/mol. The van der Waals surface area contributed by atoms with Crippen molar-refractivity contribution < 1.29 is 14.1 Å². The fourth-order valence-electron chi connectivity index (χ4n) is 4.35. The Morgan fingerprint density at radius 3 is 2.44 bits per heavy atom. The van der Waals surface area contributed by atoms with Crippen LogP contribution in [0.2, 0.25) is 5.02 Å². The molecule has 5 rings (SSSR count). The summed E-state index contributed by atoms with van der Waals surface area (Å²) in [5.41, 5.74) is 5.18. The van der Waals surface area contributed by atoms with Gasteiger partial charge in [-0.2, -0.15) is 0 Å². The topological polar surface area (TPSA) is 55.6 Å². The lowest BCUT2D eigenvalue weighted by Crippen LogP contribution is -2.36. The smallest absolute Gasteiger partial charge is 0.254 e. The zero-order valence-electron chi connectivity index (χ0n) is 20.3. The molecule has 4 aromatic rings. The van der Waals surface area contributed by atoms with Gasteiger partial charge in [-0.1, -0.05) is 59.2 Å². The molecule has 1 amide bonds. The number of carbonyl (C=O) groups excluding carboxylic acids is 1. The number of benzene rings is 3. The van der Waals surface area contributed by atoms with Crippen molar-refractivity contribution in [3.63, 3.8) is 0 Å². The van der Waals surface area contributed by atoms with Crippen LogP contribution in [0.5, 0.6) is 5.75 Å². The molecule has 0 bridgehead atoms. The Balaban J connectivity index is 1.45. The first-order valence-corrected chi connectivity index (χ1v) is 12.4. The van der Waals surface area contributed by atoms with Gasteiger partial charge < -0.3 is 14.2 Å². The number of halogens is 1. The molecule has 5 nitrogen and oxygen atoms in total. The van der Waals surface area contributed by atoms with E-state index < -0.39 is 0 Å². The van der Waals surface area contributed by atoms with Crippen LogP contribution < -0.4 is 4.74 Å². The highest BCUT2D eigenvalue weighted by Crippen LogP contribution is 2.33. The number of rotatable bonds is 6. The van der Waals surface area contributed by atoms with Crippen LogP contribution in [0.1, 0.15) is 36.2 Å². The number of fused-ring (bicyclic) bond motifs is 1. The van der Waals surface area contributed by atoms with Crippen LogP contribution in [-0.4, -0.2) is 28.6 Å². The maximum Gasteiger partial charge on any atom is 0.254 e. The van der Waals surface area contributed by atoms with Crippen molar-refractivity contribution in [3.05, 3.63) is 106 Å². The molecule has 0 spiro atoms. The van der Waals surface area contributed by atoms with Crippen molar-refractivity contribution in [2.24, 2.45) is 0 Å². The predicted molar refractivity (Wildman–Crippen MR) is 143 cm³/mol. The Morgan fingerprint density at radius 2 is 1.75 bits per heavy atom. The summed E-state index contributed by atoms with van der Waals surface area (Å²) in [6, 6.07) is 25.1. The minimum Gasteiger partial charge on any atom is -0.491 e. The summed E-state index contributed by atoms with van der Waals surface area (Å²) < 4.78 is 11.5. The molecule has 1 aromatic heterocycles. The number of amides is 1. The SMILES string of the molecule is CC(C)Oc1ccc(/C=C(/C(=O)N2CCc3noc(-c4ccc(Cl)cc4)c3C2)c2ccccc2)cc1. The van der Waals surface area contributed by atoms with E-state index in [2.05, 4.69) is 5.16 Å². The van der Waals surface area contributed by atoms with Gasteiger partial charge in [-0.05, 0) is 67.4 Å². The van der Waals surface area contributed by atoms with Gasteiger partial charge >= 0.3 is 0 Å². The monoisotopic (exact) mass is 498 g/mol. The summed E-state index contributed by atoms with van der Waals surface area (Å²) in [6.45, 7) is 5.00. The van der Waals surface area contributed by atoms with E-state index in [0.717, 1.165) is 33.7 Å². The molecule has 1 aliphatic heterocycles. The molecule has 1 aliphatic rings.